The summed E-state index contributed by atoms with van der Waals surface area (Å²) in [5, 5.41) is 3.24. The summed E-state index contributed by atoms with van der Waals surface area (Å²) in [6.45, 7) is 8.33. The van der Waals surface area contributed by atoms with Crippen LogP contribution < -0.4 is 10.9 Å². The highest BCUT2D eigenvalue weighted by Crippen LogP contribution is 2.33. The smallest absolute Gasteiger partial charge is 0.267 e. The number of ether oxygens (including phenoxy) is 1. The van der Waals surface area contributed by atoms with Crippen LogP contribution in [0, 0.1) is 6.92 Å². The number of rotatable bonds is 9. The molecule has 0 aliphatic carbocycles. The van der Waals surface area contributed by atoms with Gasteiger partial charge in [0.15, 0.2) is 0 Å². The minimum atomic E-state index is -0.225. The predicted molar refractivity (Wildman–Crippen MR) is 126 cm³/mol. The third-order valence-corrected chi connectivity index (χ3v) is 5.94. The zero-order valence-electron chi connectivity index (χ0n) is 17.4. The summed E-state index contributed by atoms with van der Waals surface area (Å²) in [4.78, 5) is 32.7. The molecule has 9 heteroatoms. The van der Waals surface area contributed by atoms with E-state index in [9.17, 15) is 9.59 Å². The fraction of sp³-hybridized carbons (Fsp3) is 0.429. The number of fused-ring (bicyclic) bond motifs is 1. The maximum Gasteiger partial charge on any atom is 0.267 e. The zero-order chi connectivity index (χ0) is 21.7. The molecule has 160 valence electrons. The first kappa shape index (κ1) is 22.5. The molecule has 2 aromatic heterocycles. The van der Waals surface area contributed by atoms with Crippen molar-refractivity contribution in [1.82, 2.24) is 14.3 Å². The molecule has 1 saturated heterocycles. The van der Waals surface area contributed by atoms with Crippen molar-refractivity contribution < 1.29 is 9.53 Å². The molecule has 0 aromatic carbocycles. The van der Waals surface area contributed by atoms with Gasteiger partial charge in [-0.1, -0.05) is 37.0 Å². The minimum Gasteiger partial charge on any atom is -0.382 e. The van der Waals surface area contributed by atoms with Gasteiger partial charge in [-0.3, -0.25) is 18.9 Å². The molecule has 0 bridgehead atoms. The van der Waals surface area contributed by atoms with Crippen LogP contribution in [0.15, 0.2) is 28.0 Å². The molecule has 1 fully saturated rings. The highest BCUT2D eigenvalue weighted by atomic mass is 32.2. The van der Waals surface area contributed by atoms with Crippen LogP contribution in [0.1, 0.15) is 37.8 Å². The van der Waals surface area contributed by atoms with E-state index in [4.69, 9.17) is 17.0 Å². The van der Waals surface area contributed by atoms with Crippen LogP contribution in [0.5, 0.6) is 0 Å². The lowest BCUT2D eigenvalue weighted by Crippen LogP contribution is -2.28. The molecule has 0 radical (unpaired) electrons. The summed E-state index contributed by atoms with van der Waals surface area (Å²) >= 11 is 6.57. The Morgan fingerprint density at radius 1 is 1.30 bits per heavy atom. The maximum absolute atomic E-state index is 13.3. The topological polar surface area (TPSA) is 75.9 Å². The number of carbonyl (C=O) groups is 1. The number of anilines is 1. The van der Waals surface area contributed by atoms with E-state index in [1.807, 2.05) is 32.9 Å². The Hall–Kier alpha value is -2.23. The summed E-state index contributed by atoms with van der Waals surface area (Å²) in [6, 6.07) is 3.72. The molecule has 3 rings (SSSR count). The van der Waals surface area contributed by atoms with E-state index in [0.717, 1.165) is 18.4 Å². The predicted octanol–water partition coefficient (Wildman–Crippen LogP) is 3.45. The summed E-state index contributed by atoms with van der Waals surface area (Å²) in [5.74, 6) is 0.295. The lowest BCUT2D eigenvalue weighted by molar-refractivity contribution is -0.122. The van der Waals surface area contributed by atoms with Crippen molar-refractivity contribution in [2.45, 2.75) is 33.6 Å². The molecule has 1 aliphatic rings. The molecular weight excluding hydrogens is 420 g/mol. The van der Waals surface area contributed by atoms with E-state index in [0.29, 0.717) is 52.6 Å². The zero-order valence-corrected chi connectivity index (χ0v) is 19.1. The number of hydrogen-bond donors (Lipinski definition) is 1. The highest BCUT2D eigenvalue weighted by molar-refractivity contribution is 8.26. The van der Waals surface area contributed by atoms with Gasteiger partial charge in [0, 0.05) is 32.5 Å². The average molecular weight is 447 g/mol. The van der Waals surface area contributed by atoms with Crippen LogP contribution in [0.25, 0.3) is 11.7 Å². The van der Waals surface area contributed by atoms with E-state index >= 15 is 0 Å². The van der Waals surface area contributed by atoms with Crippen LogP contribution in [0.4, 0.5) is 5.82 Å². The van der Waals surface area contributed by atoms with Crippen molar-refractivity contribution in [3.05, 3.63) is 44.7 Å². The Balaban J connectivity index is 2.01. The Bertz CT molecular complexity index is 1050. The van der Waals surface area contributed by atoms with Crippen molar-refractivity contribution in [2.24, 2.45) is 0 Å². The Morgan fingerprint density at radius 3 is 2.83 bits per heavy atom. The number of thioether (sulfide) groups is 1. The van der Waals surface area contributed by atoms with Gasteiger partial charge in [0.05, 0.1) is 10.5 Å². The Labute approximate surface area is 185 Å². The first-order chi connectivity index (χ1) is 14.5. The van der Waals surface area contributed by atoms with E-state index < -0.39 is 0 Å². The third kappa shape index (κ3) is 4.91. The van der Waals surface area contributed by atoms with Gasteiger partial charge in [0.25, 0.3) is 11.5 Å². The number of aromatic nitrogens is 2. The van der Waals surface area contributed by atoms with Gasteiger partial charge in [0.2, 0.25) is 0 Å². The largest absolute Gasteiger partial charge is 0.382 e. The molecule has 1 N–H and O–H groups in total. The highest BCUT2D eigenvalue weighted by Gasteiger charge is 2.31. The standard InChI is InChI=1S/C21H26N4O3S2/c1-4-10-24-20(27)16(30-21(24)29)12-15-18(22-9-6-11-28-5-2)23-17-8-7-14(3)13-25(17)19(15)26/h7-8,12-13,22H,4-6,9-11H2,1-3H3/b16-12+. The lowest BCUT2D eigenvalue weighted by Gasteiger charge is -2.12. The van der Waals surface area contributed by atoms with Gasteiger partial charge < -0.3 is 10.1 Å². The lowest BCUT2D eigenvalue weighted by atomic mass is 10.2. The fourth-order valence-electron chi connectivity index (χ4n) is 3.10. The number of carbonyl (C=O) groups excluding carboxylic acids is 1. The molecule has 30 heavy (non-hydrogen) atoms. The van der Waals surface area contributed by atoms with Crippen molar-refractivity contribution >= 4 is 51.7 Å². The van der Waals surface area contributed by atoms with Crippen molar-refractivity contribution in [2.75, 3.05) is 31.6 Å². The van der Waals surface area contributed by atoms with E-state index in [2.05, 4.69) is 10.3 Å². The van der Waals surface area contributed by atoms with E-state index in [1.165, 1.54) is 16.2 Å². The Kier molecular flexibility index (Phi) is 7.63. The molecule has 0 saturated carbocycles. The number of nitrogens with zero attached hydrogens (tertiary/aromatic N) is 3. The van der Waals surface area contributed by atoms with Gasteiger partial charge in [-0.2, -0.15) is 0 Å². The molecule has 1 aliphatic heterocycles. The number of nitrogens with one attached hydrogen (secondary N) is 1. The number of aryl methyl sites for hydroxylation is 1. The summed E-state index contributed by atoms with van der Waals surface area (Å²) in [7, 11) is 0. The normalized spacial score (nSPS) is 15.6. The SMILES string of the molecule is CCCN1C(=O)/C(=C\c2c(NCCCOCC)nc3ccc(C)cn3c2=O)SC1=S. The third-order valence-electron chi connectivity index (χ3n) is 4.56. The first-order valence-corrected chi connectivity index (χ1v) is 11.3. The Morgan fingerprint density at radius 2 is 2.10 bits per heavy atom. The number of thiocarbonyl (C=S) groups is 1. The second kappa shape index (κ2) is 10.2. The van der Waals surface area contributed by atoms with Gasteiger partial charge in [-0.15, -0.1) is 0 Å². The number of amides is 1. The minimum absolute atomic E-state index is 0.164. The molecule has 0 unspecified atom stereocenters. The maximum atomic E-state index is 13.3. The van der Waals surface area contributed by atoms with Crippen LogP contribution in [0.3, 0.4) is 0 Å². The quantitative estimate of drug-likeness (QED) is 0.359. The fourth-order valence-corrected chi connectivity index (χ4v) is 4.39. The van der Waals surface area contributed by atoms with Gasteiger partial charge in [-0.05, 0) is 44.4 Å². The molecule has 0 spiro atoms. The second-order valence-corrected chi connectivity index (χ2v) is 8.60. The van der Waals surface area contributed by atoms with Crippen LogP contribution in [0.2, 0.25) is 0 Å². The molecular formula is C21H26N4O3S2. The van der Waals surface area contributed by atoms with Gasteiger partial charge in [0.1, 0.15) is 15.8 Å². The van der Waals surface area contributed by atoms with E-state index in [1.54, 1.807) is 17.2 Å². The van der Waals surface area contributed by atoms with Gasteiger partial charge in [-0.25, -0.2) is 4.98 Å². The van der Waals surface area contributed by atoms with Crippen LogP contribution in [-0.4, -0.2) is 50.8 Å². The number of pyridine rings is 1. The van der Waals surface area contributed by atoms with Gasteiger partial charge >= 0.3 is 0 Å². The van der Waals surface area contributed by atoms with Crippen molar-refractivity contribution in [3.63, 3.8) is 0 Å². The molecule has 2 aromatic rings. The summed E-state index contributed by atoms with van der Waals surface area (Å²) in [6.07, 6.45) is 4.96. The molecule has 1 amide bonds. The molecule has 3 heterocycles. The van der Waals surface area contributed by atoms with Crippen molar-refractivity contribution in [1.29, 1.82) is 0 Å². The number of hydrogen-bond acceptors (Lipinski definition) is 7. The van der Waals surface area contributed by atoms with Crippen molar-refractivity contribution in [3.8, 4) is 0 Å². The average Bonchev–Trinajstić information content (AvgIpc) is 2.98. The molecule has 0 atom stereocenters. The molecule has 7 nitrogen and oxygen atoms in total. The van der Waals surface area contributed by atoms with E-state index in [-0.39, 0.29) is 11.5 Å². The summed E-state index contributed by atoms with van der Waals surface area (Å²) in [5.41, 5.74) is 1.63. The summed E-state index contributed by atoms with van der Waals surface area (Å²) < 4.78 is 7.40. The van der Waals surface area contributed by atoms with Crippen LogP contribution in [-0.2, 0) is 9.53 Å². The first-order valence-electron chi connectivity index (χ1n) is 10.1. The second-order valence-electron chi connectivity index (χ2n) is 6.92. The van der Waals surface area contributed by atoms with Crippen LogP contribution >= 0.6 is 24.0 Å². The monoisotopic (exact) mass is 446 g/mol.